The highest BCUT2D eigenvalue weighted by Crippen LogP contribution is 2.29. The smallest absolute Gasteiger partial charge is 0.299 e. The minimum Gasteiger partial charge on any atom is -0.388 e. The molecule has 0 saturated carbocycles. The maximum atomic E-state index is 12.8. The zero-order valence-corrected chi connectivity index (χ0v) is 40.7. The molecule has 2 aromatic heterocycles. The fourth-order valence-corrected chi connectivity index (χ4v) is 7.98. The SMILES string of the molecule is Nc1nsc(N[C@H]2CO[C@H](CNC(=O)CCOCC(COCCC(=O)NC[C@H]3OC[C@H](Nc4nc(N)ns4)[C@@H](O)[C@H]3O)NC(=O)COCCOCCOCCNc3ccc([N+](=O)[O-])cc3[N+](=O)[O-])[C@H](O)[C@@H]2O)n1. The van der Waals surface area contributed by atoms with Gasteiger partial charge in [-0.3, -0.25) is 34.6 Å². The van der Waals surface area contributed by atoms with Crippen molar-refractivity contribution in [2.75, 3.05) is 126 Å². The Labute approximate surface area is 423 Å². The number of nitrogen functional groups attached to an aromatic ring is 2. The first-order valence-electron chi connectivity index (χ1n) is 22.6. The summed E-state index contributed by atoms with van der Waals surface area (Å²) in [5, 5.41) is 82.0. The standard InChI is InChI=1S/C39H60N14O18S2/c40-36-48-38(72-50-36)46-24-18-70-27(34(59)32(24)57)14-43-29(54)3-6-67-16-21(17-68-7-4-30(55)44-15-28-35(60)33(58)25(19-71-28)47-39-49-37(41)51-73-39)45-31(56)20-69-12-11-66-10-9-65-8-5-42-23-2-1-22(52(61)62)13-26(23)53(63)64/h1-2,13,21,24-25,27-28,32-35,42,57-60H,3-12,14-20H2,(H,43,54)(H,44,55)(H,45,56)(H3,40,46,48,50)(H3,41,47,49,51)/t24-,25-,27+,28+,32+,33+,34-,35-/m0/s1. The van der Waals surface area contributed by atoms with Gasteiger partial charge in [0.25, 0.3) is 11.4 Å². The number of nitrogens with zero attached hydrogens (tertiary/aromatic N) is 6. The van der Waals surface area contributed by atoms with Gasteiger partial charge in [0.05, 0.1) is 107 Å². The number of nitro groups is 2. The number of hydrogen-bond donors (Lipinski definition) is 12. The highest BCUT2D eigenvalue weighted by Gasteiger charge is 2.40. The van der Waals surface area contributed by atoms with E-state index in [0.717, 1.165) is 35.2 Å². The summed E-state index contributed by atoms with van der Waals surface area (Å²) in [5.74, 6) is -1.30. The molecule has 0 unspecified atom stereocenters. The van der Waals surface area contributed by atoms with Crippen LogP contribution >= 0.6 is 23.1 Å². The quantitative estimate of drug-likeness (QED) is 0.0160. The van der Waals surface area contributed by atoms with E-state index in [0.29, 0.717) is 10.3 Å². The number of ether oxygens (including phenoxy) is 7. The lowest BCUT2D eigenvalue weighted by molar-refractivity contribution is -0.393. The van der Waals surface area contributed by atoms with E-state index < -0.39 is 93.7 Å². The van der Waals surface area contributed by atoms with Crippen LogP contribution in [-0.4, -0.2) is 220 Å². The minimum absolute atomic E-state index is 0.00108. The van der Waals surface area contributed by atoms with Gasteiger partial charge in [-0.15, -0.1) is 0 Å². The Morgan fingerprint density at radius 1 is 0.699 bits per heavy atom. The lowest BCUT2D eigenvalue weighted by atomic mass is 9.98. The molecular formula is C39H60N14O18S2. The Balaban J connectivity index is 0.970. The van der Waals surface area contributed by atoms with Crippen molar-refractivity contribution < 1.29 is 77.8 Å². The Bertz CT molecular complexity index is 2120. The van der Waals surface area contributed by atoms with Crippen LogP contribution in [0.25, 0.3) is 0 Å². The summed E-state index contributed by atoms with van der Waals surface area (Å²) in [4.78, 5) is 66.8. The molecular weight excluding hydrogens is 1020 g/mol. The van der Waals surface area contributed by atoms with Gasteiger partial charge in [0.1, 0.15) is 48.9 Å². The van der Waals surface area contributed by atoms with Crippen molar-refractivity contribution >= 4 is 80.0 Å². The fraction of sp³-hybridized carbons (Fsp3) is 0.667. The van der Waals surface area contributed by atoms with Crippen LogP contribution in [0.1, 0.15) is 12.8 Å². The first-order valence-corrected chi connectivity index (χ1v) is 24.2. The second-order valence-corrected chi connectivity index (χ2v) is 17.6. The van der Waals surface area contributed by atoms with Crippen molar-refractivity contribution in [3.8, 4) is 0 Å². The highest BCUT2D eigenvalue weighted by atomic mass is 32.1. The van der Waals surface area contributed by atoms with Crippen LogP contribution in [0.3, 0.4) is 0 Å². The van der Waals surface area contributed by atoms with Crippen LogP contribution in [0, 0.1) is 20.2 Å². The Morgan fingerprint density at radius 3 is 1.68 bits per heavy atom. The number of aliphatic hydroxyl groups is 4. The van der Waals surface area contributed by atoms with Gasteiger partial charge in [0.2, 0.25) is 39.9 Å². The molecule has 4 heterocycles. The summed E-state index contributed by atoms with van der Waals surface area (Å²) in [6, 6.07) is 1.11. The molecule has 8 atom stereocenters. The molecule has 3 aromatic rings. The van der Waals surface area contributed by atoms with E-state index in [2.05, 4.69) is 50.6 Å². The van der Waals surface area contributed by atoms with E-state index in [4.69, 9.17) is 44.6 Å². The van der Waals surface area contributed by atoms with Crippen LogP contribution in [0.5, 0.6) is 0 Å². The molecule has 73 heavy (non-hydrogen) atoms. The van der Waals surface area contributed by atoms with E-state index in [1.54, 1.807) is 0 Å². The summed E-state index contributed by atoms with van der Waals surface area (Å²) in [6.45, 7) is -0.140. The van der Waals surface area contributed by atoms with Gasteiger partial charge in [-0.1, -0.05) is 0 Å². The van der Waals surface area contributed by atoms with Gasteiger partial charge < -0.3 is 97.0 Å². The Hall–Kier alpha value is -5.89. The van der Waals surface area contributed by atoms with Crippen LogP contribution in [0.2, 0.25) is 0 Å². The summed E-state index contributed by atoms with van der Waals surface area (Å²) in [6.07, 6.45) is -7.21. The molecule has 0 bridgehead atoms. The van der Waals surface area contributed by atoms with Crippen molar-refractivity contribution in [2.24, 2.45) is 0 Å². The highest BCUT2D eigenvalue weighted by molar-refractivity contribution is 7.10. The topological polar surface area (TPSA) is 459 Å². The number of nitro benzene ring substituents is 2. The summed E-state index contributed by atoms with van der Waals surface area (Å²) >= 11 is 1.97. The summed E-state index contributed by atoms with van der Waals surface area (Å²) in [5.41, 5.74) is 10.3. The normalized spacial score (nSPS) is 22.2. The van der Waals surface area contributed by atoms with Crippen molar-refractivity contribution in [3.63, 3.8) is 0 Å². The Morgan fingerprint density at radius 2 is 1.21 bits per heavy atom. The average Bonchev–Trinajstić information content (AvgIpc) is 3.98. The number of aliphatic hydroxyl groups excluding tert-OH is 4. The van der Waals surface area contributed by atoms with Crippen LogP contribution in [0.4, 0.5) is 39.2 Å². The van der Waals surface area contributed by atoms with Crippen molar-refractivity contribution in [1.82, 2.24) is 34.7 Å². The van der Waals surface area contributed by atoms with E-state index in [9.17, 15) is 55.0 Å². The number of carbonyl (C=O) groups is 3. The van der Waals surface area contributed by atoms with Crippen LogP contribution in [-0.2, 0) is 47.5 Å². The number of aromatic nitrogens is 4. The number of hydrogen-bond acceptors (Lipinski definition) is 29. The largest absolute Gasteiger partial charge is 0.388 e. The fourth-order valence-electron chi connectivity index (χ4n) is 6.87. The third kappa shape index (κ3) is 19.8. The maximum Gasteiger partial charge on any atom is 0.299 e. The Kier molecular flexibility index (Phi) is 24.1. The minimum atomic E-state index is -1.34. The number of benzene rings is 1. The molecule has 34 heteroatoms. The molecule has 2 fully saturated rings. The molecule has 1 aromatic carbocycles. The molecule has 3 amide bonds. The number of nitrogens with one attached hydrogen (secondary N) is 6. The molecule has 5 rings (SSSR count). The van der Waals surface area contributed by atoms with Crippen molar-refractivity contribution in [1.29, 1.82) is 0 Å². The zero-order valence-electron chi connectivity index (χ0n) is 39.1. The molecule has 0 spiro atoms. The van der Waals surface area contributed by atoms with Gasteiger partial charge in [-0.25, -0.2) is 0 Å². The molecule has 0 aliphatic carbocycles. The maximum absolute atomic E-state index is 12.8. The molecule has 14 N–H and O–H groups in total. The molecule has 2 saturated heterocycles. The van der Waals surface area contributed by atoms with E-state index >= 15 is 0 Å². The van der Waals surface area contributed by atoms with Crippen molar-refractivity contribution in [2.45, 2.75) is 67.6 Å². The lowest BCUT2D eigenvalue weighted by Crippen LogP contribution is -2.58. The second kappa shape index (κ2) is 30.3. The monoisotopic (exact) mass is 1080 g/mol. The van der Waals surface area contributed by atoms with E-state index in [1.807, 2.05) is 0 Å². The van der Waals surface area contributed by atoms with Gasteiger partial charge in [0, 0.05) is 61.6 Å². The number of amides is 3. The average molecular weight is 1080 g/mol. The van der Waals surface area contributed by atoms with Gasteiger partial charge in [-0.2, -0.15) is 18.7 Å². The number of carbonyl (C=O) groups excluding carboxylic acids is 3. The van der Waals surface area contributed by atoms with Crippen LogP contribution < -0.4 is 43.4 Å². The molecule has 2 aliphatic rings. The summed E-state index contributed by atoms with van der Waals surface area (Å²) in [7, 11) is 0. The molecule has 2 aliphatic heterocycles. The molecule has 406 valence electrons. The van der Waals surface area contributed by atoms with Gasteiger partial charge in [-0.05, 0) is 6.07 Å². The first kappa shape index (κ1) is 58.0. The predicted octanol–water partition coefficient (Wildman–Crippen LogP) is -3.43. The summed E-state index contributed by atoms with van der Waals surface area (Å²) < 4.78 is 46.7. The van der Waals surface area contributed by atoms with Gasteiger partial charge in [0.15, 0.2) is 0 Å². The molecule has 32 nitrogen and oxygen atoms in total. The predicted molar refractivity (Wildman–Crippen MR) is 256 cm³/mol. The number of non-ortho nitro benzene ring substituents is 1. The van der Waals surface area contributed by atoms with Crippen LogP contribution in [0.15, 0.2) is 18.2 Å². The number of nitrogens with two attached hydrogens (primary N) is 2. The lowest BCUT2D eigenvalue weighted by Gasteiger charge is -2.37. The van der Waals surface area contributed by atoms with E-state index in [-0.39, 0.29) is 129 Å². The number of rotatable bonds is 33. The zero-order chi connectivity index (χ0) is 52.7. The molecule has 0 radical (unpaired) electrons. The second-order valence-electron chi connectivity index (χ2n) is 16.1. The van der Waals surface area contributed by atoms with Gasteiger partial charge >= 0.3 is 0 Å². The third-order valence-corrected chi connectivity index (χ3v) is 12.0. The van der Waals surface area contributed by atoms with Crippen molar-refractivity contribution in [3.05, 3.63) is 38.4 Å². The first-order chi connectivity index (χ1) is 35.1. The van der Waals surface area contributed by atoms with E-state index in [1.165, 1.54) is 6.07 Å². The third-order valence-electron chi connectivity index (χ3n) is 10.6. The number of anilines is 5.